The van der Waals surface area contributed by atoms with Gasteiger partial charge in [0.05, 0.1) is 24.4 Å². The summed E-state index contributed by atoms with van der Waals surface area (Å²) in [4.78, 5) is 23.8. The van der Waals surface area contributed by atoms with Crippen molar-refractivity contribution in [3.8, 4) is 0 Å². The van der Waals surface area contributed by atoms with Crippen LogP contribution in [0.3, 0.4) is 0 Å². The maximum absolute atomic E-state index is 12.2. The van der Waals surface area contributed by atoms with Crippen molar-refractivity contribution in [3.63, 3.8) is 0 Å². The van der Waals surface area contributed by atoms with Crippen LogP contribution in [0.25, 0.3) is 0 Å². The second-order valence-electron chi connectivity index (χ2n) is 4.40. The molecule has 0 atom stereocenters. The Kier molecular flexibility index (Phi) is 3.74. The van der Waals surface area contributed by atoms with E-state index in [1.807, 2.05) is 19.1 Å². The molecule has 0 saturated heterocycles. The number of hydrogen-bond donors (Lipinski definition) is 0. The Morgan fingerprint density at radius 3 is 2.20 bits per heavy atom. The predicted octanol–water partition coefficient (Wildman–Crippen LogP) is 2.30. The number of nitrogens with zero attached hydrogens (tertiary/aromatic N) is 3. The molecule has 0 aliphatic heterocycles. The largest absolute Gasteiger partial charge is 0.502 e. The highest BCUT2D eigenvalue weighted by atomic mass is 16.6. The van der Waals surface area contributed by atoms with Gasteiger partial charge in [-0.2, -0.15) is 14.3 Å². The molecule has 102 valence electrons. The van der Waals surface area contributed by atoms with Crippen molar-refractivity contribution in [1.29, 1.82) is 0 Å². The fourth-order valence-electron chi connectivity index (χ4n) is 1.71. The van der Waals surface area contributed by atoms with Gasteiger partial charge in [0.25, 0.3) is 5.69 Å². The van der Waals surface area contributed by atoms with E-state index in [4.69, 9.17) is 0 Å². The van der Waals surface area contributed by atoms with Crippen molar-refractivity contribution >= 4 is 17.4 Å². The molecular formula is C14H14N3O3+. The third-order valence-corrected chi connectivity index (χ3v) is 2.95. The molecule has 1 aromatic carbocycles. The lowest BCUT2D eigenvalue weighted by Crippen LogP contribution is -2.50. The monoisotopic (exact) mass is 272 g/mol. The van der Waals surface area contributed by atoms with Crippen LogP contribution in [0.1, 0.15) is 5.56 Å². The average molecular weight is 272 g/mol. The van der Waals surface area contributed by atoms with Crippen LogP contribution in [-0.2, 0) is 0 Å². The van der Waals surface area contributed by atoms with E-state index >= 15 is 0 Å². The quantitative estimate of drug-likeness (QED) is 0.478. The molecule has 0 aliphatic rings. The molecule has 0 spiro atoms. The Bertz CT molecular complexity index is 636. The van der Waals surface area contributed by atoms with Crippen molar-refractivity contribution in [1.82, 2.24) is 0 Å². The second kappa shape index (κ2) is 5.48. The summed E-state index contributed by atoms with van der Waals surface area (Å²) >= 11 is 0. The smallest absolute Gasteiger partial charge is 0.258 e. The van der Waals surface area contributed by atoms with Gasteiger partial charge in [-0.05, 0) is 36.8 Å². The molecule has 6 heteroatoms. The van der Waals surface area contributed by atoms with Gasteiger partial charge in [-0.25, -0.2) is 0 Å². The summed E-state index contributed by atoms with van der Waals surface area (Å²) < 4.78 is 1.45. The van der Waals surface area contributed by atoms with Crippen LogP contribution in [0.5, 0.6) is 0 Å². The summed E-state index contributed by atoms with van der Waals surface area (Å²) in [6, 6.07) is 9.27. The third-order valence-electron chi connectivity index (χ3n) is 2.95. The van der Waals surface area contributed by atoms with E-state index in [0.29, 0.717) is 5.69 Å². The molecule has 0 radical (unpaired) electrons. The Hall–Kier alpha value is -2.76. The molecule has 0 fully saturated rings. The van der Waals surface area contributed by atoms with Gasteiger partial charge in [-0.15, -0.1) is 0 Å². The zero-order chi connectivity index (χ0) is 14.7. The van der Waals surface area contributed by atoms with Crippen molar-refractivity contribution in [2.75, 3.05) is 11.9 Å². The maximum atomic E-state index is 12.2. The first-order valence-electron chi connectivity index (χ1n) is 5.99. The van der Waals surface area contributed by atoms with Crippen LogP contribution >= 0.6 is 0 Å². The van der Waals surface area contributed by atoms with Gasteiger partial charge in [-0.1, -0.05) is 0 Å². The van der Waals surface area contributed by atoms with Gasteiger partial charge in [0, 0.05) is 12.1 Å². The molecule has 0 unspecified atom stereocenters. The summed E-state index contributed by atoms with van der Waals surface area (Å²) in [5.74, 6) is 0. The van der Waals surface area contributed by atoms with E-state index in [1.54, 1.807) is 31.6 Å². The lowest BCUT2D eigenvalue weighted by Gasteiger charge is -2.09. The number of aromatic nitrogens is 1. The fourth-order valence-corrected chi connectivity index (χ4v) is 1.71. The van der Waals surface area contributed by atoms with Crippen LogP contribution in [0.4, 0.5) is 16.2 Å². The highest BCUT2D eigenvalue weighted by Crippen LogP contribution is 2.18. The first-order valence-corrected chi connectivity index (χ1v) is 5.99. The van der Waals surface area contributed by atoms with Gasteiger partial charge in [-0.3, -0.25) is 10.1 Å². The number of pyridine rings is 1. The van der Waals surface area contributed by atoms with Crippen LogP contribution in [-0.4, -0.2) is 18.0 Å². The average Bonchev–Trinajstić information content (AvgIpc) is 2.46. The van der Waals surface area contributed by atoms with E-state index < -0.39 is 4.92 Å². The van der Waals surface area contributed by atoms with Crippen LogP contribution in [0.15, 0.2) is 48.8 Å². The van der Waals surface area contributed by atoms with E-state index in [1.165, 1.54) is 21.6 Å². The number of nitro groups is 1. The first-order chi connectivity index (χ1) is 9.49. The highest BCUT2D eigenvalue weighted by molar-refractivity contribution is 5.85. The molecule has 6 nitrogen and oxygen atoms in total. The Balaban J connectivity index is 2.22. The molecule has 0 N–H and O–H groups in total. The summed E-state index contributed by atoms with van der Waals surface area (Å²) in [7, 11) is 1.62. The number of benzene rings is 1. The van der Waals surface area contributed by atoms with Crippen molar-refractivity contribution in [2.45, 2.75) is 6.92 Å². The fraction of sp³-hybridized carbons (Fsp3) is 0.143. The predicted molar refractivity (Wildman–Crippen MR) is 73.7 cm³/mol. The molecule has 1 heterocycles. The number of nitro benzene ring substituents is 1. The molecule has 2 rings (SSSR count). The second-order valence-corrected chi connectivity index (χ2v) is 4.40. The number of amides is 1. The molecule has 2 aromatic rings. The van der Waals surface area contributed by atoms with Gasteiger partial charge in [0.15, 0.2) is 0 Å². The lowest BCUT2D eigenvalue weighted by atomic mass is 10.2. The normalized spacial score (nSPS) is 10.1. The third kappa shape index (κ3) is 2.80. The summed E-state index contributed by atoms with van der Waals surface area (Å²) in [6.45, 7) is 1.94. The minimum Gasteiger partial charge on any atom is -0.258 e. The molecule has 0 aliphatic carbocycles. The molecular weight excluding hydrogens is 258 g/mol. The Morgan fingerprint density at radius 2 is 1.70 bits per heavy atom. The number of carbonyl (C=O) groups excluding carboxylic acids is 1. The zero-order valence-electron chi connectivity index (χ0n) is 11.2. The van der Waals surface area contributed by atoms with E-state index in [9.17, 15) is 14.9 Å². The van der Waals surface area contributed by atoms with Crippen molar-refractivity contribution in [2.24, 2.45) is 0 Å². The van der Waals surface area contributed by atoms with E-state index in [-0.39, 0.29) is 11.7 Å². The molecule has 20 heavy (non-hydrogen) atoms. The SMILES string of the molecule is Cc1cc[n+](C(=O)N(C)c2ccc([N+](=O)[O-])cc2)cc1. The standard InChI is InChI=1S/C14H14N3O3/c1-11-7-9-16(10-8-11)14(18)15(2)12-3-5-13(6-4-12)17(19)20/h3-10H,1-2H3/q+1. The molecule has 1 aromatic heterocycles. The Labute approximate surface area is 116 Å². The topological polar surface area (TPSA) is 67.3 Å². The number of anilines is 1. The number of rotatable bonds is 2. The number of hydrogen-bond acceptors (Lipinski definition) is 3. The zero-order valence-corrected chi connectivity index (χ0v) is 11.2. The number of non-ortho nitro benzene ring substituents is 1. The van der Waals surface area contributed by atoms with E-state index in [2.05, 4.69) is 0 Å². The highest BCUT2D eigenvalue weighted by Gasteiger charge is 2.22. The number of aryl methyl sites for hydroxylation is 1. The van der Waals surface area contributed by atoms with Crippen LogP contribution in [0, 0.1) is 17.0 Å². The van der Waals surface area contributed by atoms with E-state index in [0.717, 1.165) is 5.56 Å². The molecule has 0 bridgehead atoms. The number of carbonyl (C=O) groups is 1. The van der Waals surface area contributed by atoms with Crippen molar-refractivity contribution in [3.05, 3.63) is 64.5 Å². The van der Waals surface area contributed by atoms with Gasteiger partial charge < -0.3 is 0 Å². The maximum Gasteiger partial charge on any atom is 0.502 e. The van der Waals surface area contributed by atoms with Crippen LogP contribution < -0.4 is 9.47 Å². The minimum absolute atomic E-state index is 0.00223. The lowest BCUT2D eigenvalue weighted by molar-refractivity contribution is -0.569. The molecule has 0 saturated carbocycles. The van der Waals surface area contributed by atoms with Crippen LogP contribution in [0.2, 0.25) is 0 Å². The van der Waals surface area contributed by atoms with Crippen molar-refractivity contribution < 1.29 is 14.3 Å². The van der Waals surface area contributed by atoms with Gasteiger partial charge in [0.1, 0.15) is 5.69 Å². The summed E-state index contributed by atoms with van der Waals surface area (Å²) in [6.07, 6.45) is 3.36. The van der Waals surface area contributed by atoms with Gasteiger partial charge >= 0.3 is 6.03 Å². The Morgan fingerprint density at radius 1 is 1.15 bits per heavy atom. The molecule has 1 amide bonds. The summed E-state index contributed by atoms with van der Waals surface area (Å²) in [5.41, 5.74) is 1.65. The van der Waals surface area contributed by atoms with Gasteiger partial charge in [0.2, 0.25) is 0 Å². The summed E-state index contributed by atoms with van der Waals surface area (Å²) in [5, 5.41) is 10.6. The minimum atomic E-state index is -0.472. The first kappa shape index (κ1) is 13.7.